The zero-order valence-electron chi connectivity index (χ0n) is 12.4. The lowest BCUT2D eigenvalue weighted by atomic mass is 10.2. The van der Waals surface area contributed by atoms with Gasteiger partial charge in [-0.1, -0.05) is 26.0 Å². The number of anilines is 1. The van der Waals surface area contributed by atoms with Crippen LogP contribution in [0, 0.1) is 0 Å². The second-order valence-corrected chi connectivity index (χ2v) is 7.34. The molecule has 0 heterocycles. The Morgan fingerprint density at radius 1 is 1.05 bits per heavy atom. The second kappa shape index (κ2) is 7.57. The van der Waals surface area contributed by atoms with Crippen molar-refractivity contribution >= 4 is 35.1 Å². The standard InChI is InChI=1S/C17H19NOS2/c1-12(2)21-14-10-8-13(9-11-14)17(19)18-15-6-4-5-7-16(15)20-3/h4-12H,1-3H3,(H,18,19). The van der Waals surface area contributed by atoms with Gasteiger partial charge in [0.1, 0.15) is 0 Å². The predicted octanol–water partition coefficient (Wildman–Crippen LogP) is 5.16. The maximum absolute atomic E-state index is 12.3. The van der Waals surface area contributed by atoms with E-state index in [0.29, 0.717) is 10.8 Å². The molecule has 0 fully saturated rings. The number of carbonyl (C=O) groups is 1. The third-order valence-corrected chi connectivity index (χ3v) is 4.66. The van der Waals surface area contributed by atoms with Gasteiger partial charge in [0, 0.05) is 20.6 Å². The lowest BCUT2D eigenvalue weighted by Crippen LogP contribution is -2.12. The topological polar surface area (TPSA) is 29.1 Å². The summed E-state index contributed by atoms with van der Waals surface area (Å²) in [7, 11) is 0. The molecule has 0 spiro atoms. The minimum absolute atomic E-state index is 0.0717. The fourth-order valence-electron chi connectivity index (χ4n) is 1.90. The number of amides is 1. The van der Waals surface area contributed by atoms with Gasteiger partial charge in [0.15, 0.2) is 0 Å². The molecule has 1 N–H and O–H groups in total. The normalized spacial score (nSPS) is 10.7. The number of para-hydroxylation sites is 1. The molecule has 2 aromatic carbocycles. The number of benzene rings is 2. The van der Waals surface area contributed by atoms with Crippen LogP contribution >= 0.6 is 23.5 Å². The lowest BCUT2D eigenvalue weighted by molar-refractivity contribution is 0.102. The molecule has 0 aliphatic heterocycles. The number of rotatable bonds is 5. The summed E-state index contributed by atoms with van der Waals surface area (Å²) in [5.74, 6) is -0.0717. The largest absolute Gasteiger partial charge is 0.321 e. The maximum Gasteiger partial charge on any atom is 0.255 e. The highest BCUT2D eigenvalue weighted by molar-refractivity contribution is 8.00. The first kappa shape index (κ1) is 16.0. The molecule has 0 aliphatic carbocycles. The van der Waals surface area contributed by atoms with Crippen LogP contribution in [0.2, 0.25) is 0 Å². The quantitative estimate of drug-likeness (QED) is 0.772. The van der Waals surface area contributed by atoms with E-state index in [2.05, 4.69) is 19.2 Å². The van der Waals surface area contributed by atoms with Crippen molar-refractivity contribution in [3.8, 4) is 0 Å². The fourth-order valence-corrected chi connectivity index (χ4v) is 3.29. The fraction of sp³-hybridized carbons (Fsp3) is 0.235. The van der Waals surface area contributed by atoms with Gasteiger partial charge < -0.3 is 5.32 Å². The molecule has 0 saturated carbocycles. The Kier molecular flexibility index (Phi) is 5.76. The van der Waals surface area contributed by atoms with Crippen LogP contribution in [-0.4, -0.2) is 17.4 Å². The Hall–Kier alpha value is -1.39. The Morgan fingerprint density at radius 3 is 2.33 bits per heavy atom. The van der Waals surface area contributed by atoms with Crippen LogP contribution in [0.1, 0.15) is 24.2 Å². The molecule has 4 heteroatoms. The van der Waals surface area contributed by atoms with Crippen LogP contribution in [0.15, 0.2) is 58.3 Å². The van der Waals surface area contributed by atoms with E-state index in [4.69, 9.17) is 0 Å². The van der Waals surface area contributed by atoms with Gasteiger partial charge >= 0.3 is 0 Å². The van der Waals surface area contributed by atoms with Gasteiger partial charge in [-0.3, -0.25) is 4.79 Å². The smallest absolute Gasteiger partial charge is 0.255 e. The summed E-state index contributed by atoms with van der Waals surface area (Å²) >= 11 is 3.42. The summed E-state index contributed by atoms with van der Waals surface area (Å²) in [6.45, 7) is 4.31. The molecule has 0 radical (unpaired) electrons. The van der Waals surface area contributed by atoms with Crippen molar-refractivity contribution in [1.82, 2.24) is 0 Å². The van der Waals surface area contributed by atoms with E-state index in [0.717, 1.165) is 10.6 Å². The SMILES string of the molecule is CSc1ccccc1NC(=O)c1ccc(SC(C)C)cc1. The van der Waals surface area contributed by atoms with Crippen molar-refractivity contribution in [1.29, 1.82) is 0 Å². The summed E-state index contributed by atoms with van der Waals surface area (Å²) in [6, 6.07) is 15.6. The molecule has 21 heavy (non-hydrogen) atoms. The summed E-state index contributed by atoms with van der Waals surface area (Å²) in [6.07, 6.45) is 2.00. The van der Waals surface area contributed by atoms with E-state index in [1.165, 1.54) is 4.90 Å². The molecule has 2 rings (SSSR count). The molecule has 110 valence electrons. The highest BCUT2D eigenvalue weighted by Gasteiger charge is 2.09. The molecular formula is C17H19NOS2. The number of thioether (sulfide) groups is 2. The molecule has 0 bridgehead atoms. The van der Waals surface area contributed by atoms with Crippen molar-refractivity contribution in [2.45, 2.75) is 28.9 Å². The number of hydrogen-bond acceptors (Lipinski definition) is 3. The van der Waals surface area contributed by atoms with E-state index in [1.807, 2.05) is 54.8 Å². The van der Waals surface area contributed by atoms with Gasteiger partial charge in [0.25, 0.3) is 5.91 Å². The van der Waals surface area contributed by atoms with Crippen molar-refractivity contribution < 1.29 is 4.79 Å². The number of hydrogen-bond donors (Lipinski definition) is 1. The predicted molar refractivity (Wildman–Crippen MR) is 93.6 cm³/mol. The van der Waals surface area contributed by atoms with Crippen LogP contribution in [0.3, 0.4) is 0 Å². The van der Waals surface area contributed by atoms with E-state index in [1.54, 1.807) is 23.5 Å². The summed E-state index contributed by atoms with van der Waals surface area (Å²) in [5.41, 5.74) is 1.54. The van der Waals surface area contributed by atoms with Crippen molar-refractivity contribution in [2.24, 2.45) is 0 Å². The molecular weight excluding hydrogens is 298 g/mol. The third-order valence-electron chi connectivity index (χ3n) is 2.84. The highest BCUT2D eigenvalue weighted by Crippen LogP contribution is 2.26. The Balaban J connectivity index is 2.09. The van der Waals surface area contributed by atoms with E-state index in [-0.39, 0.29) is 5.91 Å². The molecule has 2 nitrogen and oxygen atoms in total. The monoisotopic (exact) mass is 317 g/mol. The molecule has 0 saturated heterocycles. The Labute approximate surface area is 134 Å². The van der Waals surface area contributed by atoms with Crippen LogP contribution in [0.25, 0.3) is 0 Å². The van der Waals surface area contributed by atoms with E-state index >= 15 is 0 Å². The third kappa shape index (κ3) is 4.55. The summed E-state index contributed by atoms with van der Waals surface area (Å²) in [5, 5.41) is 3.51. The minimum atomic E-state index is -0.0717. The van der Waals surface area contributed by atoms with Gasteiger partial charge in [-0.25, -0.2) is 0 Å². The highest BCUT2D eigenvalue weighted by atomic mass is 32.2. The van der Waals surface area contributed by atoms with Crippen molar-refractivity contribution in [3.05, 3.63) is 54.1 Å². The summed E-state index contributed by atoms with van der Waals surface area (Å²) < 4.78 is 0. The molecule has 2 aromatic rings. The summed E-state index contributed by atoms with van der Waals surface area (Å²) in [4.78, 5) is 14.5. The van der Waals surface area contributed by atoms with Crippen molar-refractivity contribution in [3.63, 3.8) is 0 Å². The van der Waals surface area contributed by atoms with Gasteiger partial charge in [0.05, 0.1) is 5.69 Å². The lowest BCUT2D eigenvalue weighted by Gasteiger charge is -2.10. The zero-order valence-corrected chi connectivity index (χ0v) is 14.1. The maximum atomic E-state index is 12.3. The van der Waals surface area contributed by atoms with Crippen molar-refractivity contribution in [2.75, 3.05) is 11.6 Å². The van der Waals surface area contributed by atoms with Crippen LogP contribution in [0.5, 0.6) is 0 Å². The van der Waals surface area contributed by atoms with E-state index < -0.39 is 0 Å². The van der Waals surface area contributed by atoms with Crippen LogP contribution < -0.4 is 5.32 Å². The van der Waals surface area contributed by atoms with Gasteiger partial charge in [0.2, 0.25) is 0 Å². The average molecular weight is 317 g/mol. The minimum Gasteiger partial charge on any atom is -0.321 e. The Morgan fingerprint density at radius 2 is 1.71 bits per heavy atom. The van der Waals surface area contributed by atoms with Crippen LogP contribution in [0.4, 0.5) is 5.69 Å². The molecule has 0 aromatic heterocycles. The van der Waals surface area contributed by atoms with Gasteiger partial charge in [-0.05, 0) is 42.7 Å². The van der Waals surface area contributed by atoms with Crippen LogP contribution in [-0.2, 0) is 0 Å². The van der Waals surface area contributed by atoms with E-state index in [9.17, 15) is 4.79 Å². The first-order valence-electron chi connectivity index (χ1n) is 6.81. The molecule has 1 amide bonds. The molecule has 0 aliphatic rings. The van der Waals surface area contributed by atoms with Gasteiger partial charge in [-0.2, -0.15) is 0 Å². The second-order valence-electron chi connectivity index (χ2n) is 4.85. The van der Waals surface area contributed by atoms with Gasteiger partial charge in [-0.15, -0.1) is 23.5 Å². The molecule has 0 unspecified atom stereocenters. The first-order valence-corrected chi connectivity index (χ1v) is 8.91. The number of carbonyl (C=O) groups excluding carboxylic acids is 1. The average Bonchev–Trinajstić information content (AvgIpc) is 2.48. The zero-order chi connectivity index (χ0) is 15.2. The Bertz CT molecular complexity index is 608. The first-order chi connectivity index (χ1) is 10.1. The number of nitrogens with one attached hydrogen (secondary N) is 1. The molecule has 0 atom stereocenters.